The van der Waals surface area contributed by atoms with Crippen molar-refractivity contribution >= 4 is 22.8 Å². The number of carbonyl (C=O) groups is 2. The van der Waals surface area contributed by atoms with E-state index in [1.165, 1.54) is 21.9 Å². The van der Waals surface area contributed by atoms with Crippen molar-refractivity contribution in [3.05, 3.63) is 64.7 Å². The molecule has 0 radical (unpaired) electrons. The predicted octanol–water partition coefficient (Wildman–Crippen LogP) is 3.63. The van der Waals surface area contributed by atoms with Gasteiger partial charge in [0, 0.05) is 42.0 Å². The van der Waals surface area contributed by atoms with Crippen molar-refractivity contribution in [3.63, 3.8) is 0 Å². The number of halogens is 4. The van der Waals surface area contributed by atoms with Gasteiger partial charge in [-0.25, -0.2) is 4.39 Å². The summed E-state index contributed by atoms with van der Waals surface area (Å²) in [5.41, 5.74) is 1.90. The molecule has 7 nitrogen and oxygen atoms in total. The van der Waals surface area contributed by atoms with Gasteiger partial charge in [0.05, 0.1) is 24.2 Å². The Hall–Kier alpha value is -3.47. The number of hydrogen-bond acceptors (Lipinski definition) is 4. The van der Waals surface area contributed by atoms with Gasteiger partial charge in [-0.05, 0) is 37.3 Å². The third kappa shape index (κ3) is 3.60. The van der Waals surface area contributed by atoms with Gasteiger partial charge in [0.15, 0.2) is 0 Å². The van der Waals surface area contributed by atoms with Crippen LogP contribution in [-0.4, -0.2) is 57.6 Å². The summed E-state index contributed by atoms with van der Waals surface area (Å²) in [4.78, 5) is 37.2. The minimum Gasteiger partial charge on any atom is -0.356 e. The minimum atomic E-state index is -4.80. The zero-order chi connectivity index (χ0) is 24.3. The molecule has 2 aliphatic rings. The number of H-pyrrole nitrogens is 1. The number of pyridine rings is 1. The summed E-state index contributed by atoms with van der Waals surface area (Å²) < 4.78 is 55.0. The van der Waals surface area contributed by atoms with Crippen molar-refractivity contribution in [3.8, 4) is 0 Å². The van der Waals surface area contributed by atoms with Gasteiger partial charge in [-0.2, -0.15) is 0 Å². The molecule has 0 bridgehead atoms. The number of nitrogens with one attached hydrogen (secondary N) is 1. The smallest absolute Gasteiger partial charge is 0.356 e. The highest BCUT2D eigenvalue weighted by molar-refractivity contribution is 6.07. The van der Waals surface area contributed by atoms with Gasteiger partial charge in [0.2, 0.25) is 0 Å². The summed E-state index contributed by atoms with van der Waals surface area (Å²) in [5.74, 6) is -1.64. The number of amides is 2. The molecule has 1 N–H and O–H groups in total. The average Bonchev–Trinajstić information content (AvgIpc) is 3.38. The van der Waals surface area contributed by atoms with E-state index in [0.717, 1.165) is 17.3 Å². The van der Waals surface area contributed by atoms with E-state index < -0.39 is 36.1 Å². The number of aryl methyl sites for hydroxylation is 1. The molecule has 1 atom stereocenters. The third-order valence-corrected chi connectivity index (χ3v) is 6.37. The molecule has 1 fully saturated rings. The van der Waals surface area contributed by atoms with E-state index in [1.807, 2.05) is 19.1 Å². The molecule has 34 heavy (non-hydrogen) atoms. The summed E-state index contributed by atoms with van der Waals surface area (Å²) in [6, 6.07) is 9.16. The van der Waals surface area contributed by atoms with Crippen LogP contribution in [-0.2, 0) is 21.6 Å². The van der Waals surface area contributed by atoms with Crippen molar-refractivity contribution in [2.75, 3.05) is 19.7 Å². The van der Waals surface area contributed by atoms with Crippen LogP contribution in [0.25, 0.3) is 11.0 Å². The highest BCUT2D eigenvalue weighted by Crippen LogP contribution is 2.47. The molecule has 2 amide bonds. The van der Waals surface area contributed by atoms with E-state index in [9.17, 15) is 27.2 Å². The van der Waals surface area contributed by atoms with Crippen LogP contribution in [0.1, 0.15) is 33.7 Å². The zero-order valence-electron chi connectivity index (χ0n) is 18.1. The molecule has 5 rings (SSSR count). The molecular weight excluding hydrogens is 456 g/mol. The van der Waals surface area contributed by atoms with Crippen LogP contribution in [0.2, 0.25) is 0 Å². The number of aromatic nitrogens is 2. The summed E-state index contributed by atoms with van der Waals surface area (Å²) in [6.07, 6.45) is -4.64. The number of aromatic amines is 1. The van der Waals surface area contributed by atoms with Crippen LogP contribution in [0.5, 0.6) is 0 Å². The van der Waals surface area contributed by atoms with Crippen LogP contribution >= 0.6 is 0 Å². The Bertz CT molecular complexity index is 1310. The number of fused-ring (bicyclic) bond motifs is 3. The van der Waals surface area contributed by atoms with Crippen molar-refractivity contribution in [2.45, 2.75) is 31.8 Å². The molecule has 0 saturated carbocycles. The number of nitrogens with zero attached hydrogens (tertiary/aromatic N) is 3. The quantitative estimate of drug-likeness (QED) is 0.571. The maximum atomic E-state index is 14.0. The lowest BCUT2D eigenvalue weighted by atomic mass is 9.87. The highest BCUT2D eigenvalue weighted by Gasteiger charge is 2.59. The van der Waals surface area contributed by atoms with Gasteiger partial charge in [0.25, 0.3) is 11.8 Å². The fourth-order valence-electron chi connectivity index (χ4n) is 4.90. The SMILES string of the molecule is Cc1ccc2[nH]c(CN3C(=O)c4cc(F)ccc4[C@]34CCN(CCOC(F)(F)F)C4=O)cc2n1. The van der Waals surface area contributed by atoms with Crippen molar-refractivity contribution in [1.29, 1.82) is 0 Å². The first-order chi connectivity index (χ1) is 16.1. The zero-order valence-corrected chi connectivity index (χ0v) is 18.1. The summed E-state index contributed by atoms with van der Waals surface area (Å²) in [6.45, 7) is 0.999. The molecule has 2 aromatic heterocycles. The predicted molar refractivity (Wildman–Crippen MR) is 112 cm³/mol. The standard InChI is InChI=1S/C23H20F4N4O3/c1-13-2-5-18-19(28-13)11-15(29-18)12-31-20(32)16-10-14(24)3-4-17(16)22(31)6-7-30(21(22)33)8-9-34-23(25,26)27/h2-5,10-11,29H,6-9,12H2,1H3/t22-/m0/s1. The van der Waals surface area contributed by atoms with Crippen LogP contribution < -0.4 is 0 Å². The van der Waals surface area contributed by atoms with Crippen LogP contribution in [0.4, 0.5) is 17.6 Å². The second-order valence-electron chi connectivity index (χ2n) is 8.46. The largest absolute Gasteiger partial charge is 0.522 e. The van der Waals surface area contributed by atoms with E-state index in [-0.39, 0.29) is 31.6 Å². The molecule has 4 heterocycles. The van der Waals surface area contributed by atoms with E-state index in [0.29, 0.717) is 16.8 Å². The van der Waals surface area contributed by atoms with Gasteiger partial charge in [-0.3, -0.25) is 19.3 Å². The number of rotatable bonds is 5. The Balaban J connectivity index is 1.50. The fraction of sp³-hybridized carbons (Fsp3) is 0.348. The van der Waals surface area contributed by atoms with Gasteiger partial charge < -0.3 is 14.8 Å². The molecule has 1 saturated heterocycles. The second-order valence-corrected chi connectivity index (χ2v) is 8.46. The molecular formula is C23H20F4N4O3. The number of likely N-dealkylation sites (tertiary alicyclic amines) is 1. The van der Waals surface area contributed by atoms with E-state index in [1.54, 1.807) is 6.07 Å². The molecule has 3 aromatic rings. The molecule has 178 valence electrons. The molecule has 1 aromatic carbocycles. The summed E-state index contributed by atoms with van der Waals surface area (Å²) in [5, 5.41) is 0. The number of alkyl halides is 3. The lowest BCUT2D eigenvalue weighted by Crippen LogP contribution is -2.49. The molecule has 2 aliphatic heterocycles. The Morgan fingerprint density at radius 3 is 2.74 bits per heavy atom. The number of hydrogen-bond donors (Lipinski definition) is 1. The molecule has 0 unspecified atom stereocenters. The van der Waals surface area contributed by atoms with Crippen LogP contribution in [0.15, 0.2) is 36.4 Å². The second kappa shape index (κ2) is 7.79. The first-order valence-electron chi connectivity index (χ1n) is 10.7. The number of carbonyl (C=O) groups excluding carboxylic acids is 2. The van der Waals surface area contributed by atoms with Crippen LogP contribution in [0, 0.1) is 12.7 Å². The molecule has 1 spiro atoms. The maximum absolute atomic E-state index is 14.0. The van der Waals surface area contributed by atoms with E-state index in [4.69, 9.17) is 0 Å². The lowest BCUT2D eigenvalue weighted by Gasteiger charge is -2.34. The Morgan fingerprint density at radius 2 is 1.97 bits per heavy atom. The van der Waals surface area contributed by atoms with E-state index in [2.05, 4.69) is 14.7 Å². The Morgan fingerprint density at radius 1 is 1.18 bits per heavy atom. The van der Waals surface area contributed by atoms with Gasteiger partial charge in [-0.15, -0.1) is 13.2 Å². The minimum absolute atomic E-state index is 0.0170. The Labute approximate surface area is 191 Å². The summed E-state index contributed by atoms with van der Waals surface area (Å²) >= 11 is 0. The van der Waals surface area contributed by atoms with Crippen molar-refractivity contribution in [1.82, 2.24) is 19.8 Å². The number of benzene rings is 1. The van der Waals surface area contributed by atoms with Crippen LogP contribution in [0.3, 0.4) is 0 Å². The maximum Gasteiger partial charge on any atom is 0.522 e. The van der Waals surface area contributed by atoms with Crippen molar-refractivity contribution in [2.24, 2.45) is 0 Å². The molecule has 0 aliphatic carbocycles. The van der Waals surface area contributed by atoms with Gasteiger partial charge in [-0.1, -0.05) is 6.07 Å². The monoisotopic (exact) mass is 476 g/mol. The lowest BCUT2D eigenvalue weighted by molar-refractivity contribution is -0.324. The average molecular weight is 476 g/mol. The molecule has 11 heteroatoms. The van der Waals surface area contributed by atoms with Gasteiger partial charge >= 0.3 is 6.36 Å². The summed E-state index contributed by atoms with van der Waals surface area (Å²) in [7, 11) is 0. The van der Waals surface area contributed by atoms with E-state index >= 15 is 0 Å². The topological polar surface area (TPSA) is 78.5 Å². The highest BCUT2D eigenvalue weighted by atomic mass is 19.4. The third-order valence-electron chi connectivity index (χ3n) is 6.37. The van der Waals surface area contributed by atoms with Gasteiger partial charge in [0.1, 0.15) is 11.4 Å². The first-order valence-corrected chi connectivity index (χ1v) is 10.7. The normalized spacial score (nSPS) is 20.3. The van der Waals surface area contributed by atoms with Crippen molar-refractivity contribution < 1.29 is 31.9 Å². The fourth-order valence-corrected chi connectivity index (χ4v) is 4.90. The Kier molecular flexibility index (Phi) is 5.12. The number of ether oxygens (including phenoxy) is 1. The first kappa shape index (κ1) is 22.3.